The molecule has 2 aliphatic heterocycles. The van der Waals surface area contributed by atoms with Crippen molar-refractivity contribution in [3.05, 3.63) is 30.4 Å². The van der Waals surface area contributed by atoms with E-state index >= 15 is 0 Å². The Balaban J connectivity index is 1.65. The Morgan fingerprint density at radius 3 is 2.96 bits per heavy atom. The number of hydrogen-bond acceptors (Lipinski definition) is 7. The predicted octanol–water partition coefficient (Wildman–Crippen LogP) is 0.522. The Kier molecular flexibility index (Phi) is 3.27. The maximum Gasteiger partial charge on any atom is 0.179 e. The van der Waals surface area contributed by atoms with Gasteiger partial charge in [0.2, 0.25) is 0 Å². The monoisotopic (exact) mass is 341 g/mol. The molecule has 3 aromatic heterocycles. The molecule has 1 spiro atoms. The molecule has 3 aromatic rings. The average molecular weight is 341 g/mol. The summed E-state index contributed by atoms with van der Waals surface area (Å²) in [6, 6.07) is 1.86. The van der Waals surface area contributed by atoms with Crippen LogP contribution < -0.4 is 11.1 Å². The van der Waals surface area contributed by atoms with Gasteiger partial charge < -0.3 is 20.5 Å². The first-order valence-electron chi connectivity index (χ1n) is 8.39. The molecule has 2 saturated heterocycles. The third kappa shape index (κ3) is 2.24. The summed E-state index contributed by atoms with van der Waals surface area (Å²) < 4.78 is 13.7. The van der Waals surface area contributed by atoms with Crippen LogP contribution in [0.4, 0.5) is 5.82 Å². The van der Waals surface area contributed by atoms with Crippen LogP contribution in [0.25, 0.3) is 16.8 Å². The largest absolute Gasteiger partial charge is 0.384 e. The van der Waals surface area contributed by atoms with E-state index in [9.17, 15) is 0 Å². The summed E-state index contributed by atoms with van der Waals surface area (Å²) in [4.78, 5) is 4.87. The predicted molar refractivity (Wildman–Crippen MR) is 89.8 cm³/mol. The van der Waals surface area contributed by atoms with Crippen LogP contribution in [0.3, 0.4) is 0 Å². The summed E-state index contributed by atoms with van der Waals surface area (Å²) in [5.41, 5.74) is 9.61. The molecule has 2 aliphatic rings. The Hall–Kier alpha value is -2.49. The fraction of sp³-hybridized carbons (Fsp3) is 0.438. The van der Waals surface area contributed by atoms with Gasteiger partial charge in [-0.1, -0.05) is 0 Å². The molecule has 0 aliphatic carbocycles. The molecule has 0 radical (unpaired) electrons. The fourth-order valence-corrected chi connectivity index (χ4v) is 3.77. The van der Waals surface area contributed by atoms with E-state index in [4.69, 9.17) is 20.2 Å². The van der Waals surface area contributed by atoms with E-state index in [0.29, 0.717) is 24.7 Å². The number of ether oxygens (including phenoxy) is 2. The van der Waals surface area contributed by atoms with Crippen molar-refractivity contribution in [1.82, 2.24) is 30.1 Å². The molecule has 5 heterocycles. The molecular weight excluding hydrogens is 322 g/mol. The van der Waals surface area contributed by atoms with Crippen molar-refractivity contribution in [2.75, 3.05) is 32.0 Å². The Morgan fingerprint density at radius 2 is 2.16 bits per heavy atom. The third-order valence-electron chi connectivity index (χ3n) is 4.99. The molecule has 4 N–H and O–H groups in total. The molecule has 25 heavy (non-hydrogen) atoms. The van der Waals surface area contributed by atoms with Gasteiger partial charge in [0.15, 0.2) is 11.4 Å². The van der Waals surface area contributed by atoms with Crippen LogP contribution in [0, 0.1) is 0 Å². The first kappa shape index (κ1) is 14.8. The van der Waals surface area contributed by atoms with E-state index in [2.05, 4.69) is 20.6 Å². The number of anilines is 1. The molecular formula is C16H19N7O2. The fourth-order valence-electron chi connectivity index (χ4n) is 3.77. The Labute approximate surface area is 143 Å². The lowest BCUT2D eigenvalue weighted by molar-refractivity contribution is -0.187. The van der Waals surface area contributed by atoms with Crippen LogP contribution in [0.2, 0.25) is 0 Å². The number of rotatable bonds is 2. The van der Waals surface area contributed by atoms with Gasteiger partial charge in [-0.25, -0.2) is 4.98 Å². The van der Waals surface area contributed by atoms with Gasteiger partial charge in [0.05, 0.1) is 37.2 Å². The molecule has 9 heteroatoms. The van der Waals surface area contributed by atoms with Crippen LogP contribution in [-0.4, -0.2) is 56.9 Å². The molecule has 2 fully saturated rings. The van der Waals surface area contributed by atoms with E-state index in [1.807, 2.05) is 12.3 Å². The smallest absolute Gasteiger partial charge is 0.179 e. The molecule has 1 atom stereocenters. The van der Waals surface area contributed by atoms with Gasteiger partial charge in [0, 0.05) is 42.9 Å². The molecule has 0 aromatic carbocycles. The van der Waals surface area contributed by atoms with E-state index in [1.54, 1.807) is 16.9 Å². The highest BCUT2D eigenvalue weighted by molar-refractivity contribution is 5.77. The molecule has 0 saturated carbocycles. The summed E-state index contributed by atoms with van der Waals surface area (Å²) in [5.74, 6) is -0.101. The van der Waals surface area contributed by atoms with Gasteiger partial charge >= 0.3 is 0 Å². The average Bonchev–Trinajstić information content (AvgIpc) is 3.35. The highest BCUT2D eigenvalue weighted by Crippen LogP contribution is 2.40. The Bertz CT molecular complexity index is 899. The topological polar surface area (TPSA) is 115 Å². The second-order valence-electron chi connectivity index (χ2n) is 6.40. The van der Waals surface area contributed by atoms with Crippen LogP contribution in [0.15, 0.2) is 24.7 Å². The van der Waals surface area contributed by atoms with Crippen LogP contribution in [0.1, 0.15) is 18.0 Å². The number of nitrogens with one attached hydrogen (secondary N) is 2. The SMILES string of the molecule is Nc1cc(C2CNCCC23OCCO3)nc2c(-c3cn[nH]c3)cnn12. The highest BCUT2D eigenvalue weighted by Gasteiger charge is 2.47. The van der Waals surface area contributed by atoms with Gasteiger partial charge in [0.25, 0.3) is 0 Å². The van der Waals surface area contributed by atoms with Crippen molar-refractivity contribution in [3.63, 3.8) is 0 Å². The molecule has 130 valence electrons. The number of aromatic nitrogens is 5. The minimum Gasteiger partial charge on any atom is -0.384 e. The van der Waals surface area contributed by atoms with E-state index < -0.39 is 5.79 Å². The number of fused-ring (bicyclic) bond motifs is 1. The summed E-state index contributed by atoms with van der Waals surface area (Å²) in [5, 5.41) is 14.6. The minimum atomic E-state index is -0.612. The second-order valence-corrected chi connectivity index (χ2v) is 6.40. The number of piperidine rings is 1. The van der Waals surface area contributed by atoms with E-state index in [1.165, 1.54) is 0 Å². The van der Waals surface area contributed by atoms with Gasteiger partial charge in [-0.05, 0) is 0 Å². The van der Waals surface area contributed by atoms with Crippen molar-refractivity contribution >= 4 is 11.5 Å². The van der Waals surface area contributed by atoms with Crippen LogP contribution in [-0.2, 0) is 9.47 Å². The summed E-state index contributed by atoms with van der Waals surface area (Å²) in [6.45, 7) is 2.82. The zero-order valence-electron chi connectivity index (χ0n) is 13.6. The zero-order valence-corrected chi connectivity index (χ0v) is 13.6. The van der Waals surface area contributed by atoms with Crippen LogP contribution >= 0.6 is 0 Å². The lowest BCUT2D eigenvalue weighted by Crippen LogP contribution is -2.49. The van der Waals surface area contributed by atoms with Gasteiger partial charge in [0.1, 0.15) is 5.82 Å². The van der Waals surface area contributed by atoms with Crippen molar-refractivity contribution < 1.29 is 9.47 Å². The number of nitrogens with zero attached hydrogens (tertiary/aromatic N) is 4. The molecule has 5 rings (SSSR count). The van der Waals surface area contributed by atoms with E-state index in [-0.39, 0.29) is 5.92 Å². The van der Waals surface area contributed by atoms with Gasteiger partial charge in [-0.15, -0.1) is 0 Å². The van der Waals surface area contributed by atoms with Crippen molar-refractivity contribution in [1.29, 1.82) is 0 Å². The number of nitrogens with two attached hydrogens (primary N) is 1. The summed E-state index contributed by atoms with van der Waals surface area (Å²) >= 11 is 0. The quantitative estimate of drug-likeness (QED) is 0.622. The molecule has 9 nitrogen and oxygen atoms in total. The normalized spacial score (nSPS) is 22.8. The van der Waals surface area contributed by atoms with Crippen molar-refractivity contribution in [2.24, 2.45) is 0 Å². The standard InChI is InChI=1S/C16H19N7O2/c17-14-5-13(12-9-18-2-1-16(12)24-3-4-25-16)22-15-11(8-21-23(14)15)10-6-19-20-7-10/h5-8,12,18H,1-4,9,17H2,(H,19,20). The van der Waals surface area contributed by atoms with Crippen molar-refractivity contribution in [2.45, 2.75) is 18.1 Å². The maximum absolute atomic E-state index is 6.25. The summed E-state index contributed by atoms with van der Waals surface area (Å²) in [6.07, 6.45) is 6.10. The summed E-state index contributed by atoms with van der Waals surface area (Å²) in [7, 11) is 0. The molecule has 1 unspecified atom stereocenters. The highest BCUT2D eigenvalue weighted by atomic mass is 16.7. The van der Waals surface area contributed by atoms with Crippen molar-refractivity contribution in [3.8, 4) is 11.1 Å². The minimum absolute atomic E-state index is 0.0249. The number of H-pyrrole nitrogens is 1. The maximum atomic E-state index is 6.25. The first-order valence-corrected chi connectivity index (χ1v) is 8.39. The Morgan fingerprint density at radius 1 is 1.28 bits per heavy atom. The second kappa shape index (κ2) is 5.51. The number of hydrogen-bond donors (Lipinski definition) is 3. The lowest BCUT2D eigenvalue weighted by atomic mass is 9.88. The first-order chi connectivity index (χ1) is 12.3. The van der Waals surface area contributed by atoms with Crippen LogP contribution in [0.5, 0.6) is 0 Å². The lowest BCUT2D eigenvalue weighted by Gasteiger charge is -2.39. The molecule has 0 bridgehead atoms. The van der Waals surface area contributed by atoms with E-state index in [0.717, 1.165) is 36.3 Å². The number of nitrogen functional groups attached to an aromatic ring is 1. The van der Waals surface area contributed by atoms with Gasteiger partial charge in [-0.3, -0.25) is 5.10 Å². The third-order valence-corrected chi connectivity index (χ3v) is 4.99. The zero-order chi connectivity index (χ0) is 16.9. The number of aromatic amines is 1. The molecule has 0 amide bonds. The van der Waals surface area contributed by atoms with Gasteiger partial charge in [-0.2, -0.15) is 14.7 Å².